The Balaban J connectivity index is 2.19. The fourth-order valence-corrected chi connectivity index (χ4v) is 2.32. The molecule has 0 aromatic carbocycles. The van der Waals surface area contributed by atoms with E-state index in [1.165, 1.54) is 0 Å². The Labute approximate surface area is 126 Å². The van der Waals surface area contributed by atoms with E-state index in [2.05, 4.69) is 27.1 Å². The van der Waals surface area contributed by atoms with Crippen molar-refractivity contribution in [2.75, 3.05) is 0 Å². The molecule has 3 aromatic heterocycles. The first kappa shape index (κ1) is 14.1. The van der Waals surface area contributed by atoms with Crippen molar-refractivity contribution >= 4 is 11.6 Å². The Morgan fingerprint density at radius 2 is 2.05 bits per heavy atom. The largest absolute Gasteiger partial charge is 0.481 e. The average molecular weight is 297 g/mol. The molecular weight excluding hydrogens is 282 g/mol. The minimum Gasteiger partial charge on any atom is -0.481 e. The van der Waals surface area contributed by atoms with E-state index in [1.807, 2.05) is 12.1 Å². The second kappa shape index (κ2) is 5.88. The summed E-state index contributed by atoms with van der Waals surface area (Å²) in [6.07, 6.45) is 6.68. The Hall–Kier alpha value is -2.83. The molecule has 0 fully saturated rings. The molecule has 0 atom stereocenters. The highest BCUT2D eigenvalue weighted by Crippen LogP contribution is 2.20. The fraction of sp³-hybridized carbons (Fsp3) is 0.267. The topological polar surface area (TPSA) is 93.3 Å². The molecule has 0 amide bonds. The quantitative estimate of drug-likeness (QED) is 0.771. The summed E-state index contributed by atoms with van der Waals surface area (Å²) >= 11 is 0. The Kier molecular flexibility index (Phi) is 3.78. The lowest BCUT2D eigenvalue weighted by molar-refractivity contribution is -0.136. The van der Waals surface area contributed by atoms with Crippen LogP contribution < -0.4 is 0 Å². The van der Waals surface area contributed by atoms with E-state index < -0.39 is 5.97 Å². The van der Waals surface area contributed by atoms with Crippen LogP contribution in [0, 0.1) is 0 Å². The van der Waals surface area contributed by atoms with Crippen molar-refractivity contribution < 1.29 is 9.90 Å². The zero-order valence-electron chi connectivity index (χ0n) is 12.1. The molecule has 0 saturated carbocycles. The van der Waals surface area contributed by atoms with Gasteiger partial charge in [0, 0.05) is 24.2 Å². The van der Waals surface area contributed by atoms with Gasteiger partial charge in [0.1, 0.15) is 12.2 Å². The van der Waals surface area contributed by atoms with Crippen LogP contribution in [0.2, 0.25) is 0 Å². The van der Waals surface area contributed by atoms with Crippen molar-refractivity contribution in [1.29, 1.82) is 0 Å². The summed E-state index contributed by atoms with van der Waals surface area (Å²) in [4.78, 5) is 19.6. The highest BCUT2D eigenvalue weighted by atomic mass is 16.4. The number of hydrogen-bond donors (Lipinski definition) is 1. The summed E-state index contributed by atoms with van der Waals surface area (Å²) < 4.78 is 1.72. The SMILES string of the molecule is CCCc1nc(-c2ccncc2)cn2c(CC(=O)O)nnc12. The third-order valence-electron chi connectivity index (χ3n) is 3.30. The molecule has 0 aliphatic rings. The minimum atomic E-state index is -0.936. The first-order valence-corrected chi connectivity index (χ1v) is 7.04. The van der Waals surface area contributed by atoms with Gasteiger partial charge in [-0.2, -0.15) is 0 Å². The molecule has 3 heterocycles. The van der Waals surface area contributed by atoms with E-state index in [4.69, 9.17) is 5.11 Å². The zero-order valence-corrected chi connectivity index (χ0v) is 12.1. The smallest absolute Gasteiger partial charge is 0.311 e. The molecule has 3 aromatic rings. The number of nitrogens with zero attached hydrogens (tertiary/aromatic N) is 5. The number of rotatable bonds is 5. The van der Waals surface area contributed by atoms with Crippen molar-refractivity contribution in [2.24, 2.45) is 0 Å². The Morgan fingerprint density at radius 3 is 2.73 bits per heavy atom. The van der Waals surface area contributed by atoms with Gasteiger partial charge in [-0.15, -0.1) is 10.2 Å². The number of carboxylic acids is 1. The first-order valence-electron chi connectivity index (χ1n) is 7.04. The number of pyridine rings is 1. The predicted molar refractivity (Wildman–Crippen MR) is 79.3 cm³/mol. The van der Waals surface area contributed by atoms with Crippen LogP contribution in [-0.2, 0) is 17.6 Å². The lowest BCUT2D eigenvalue weighted by Crippen LogP contribution is -2.06. The number of aryl methyl sites for hydroxylation is 1. The fourth-order valence-electron chi connectivity index (χ4n) is 2.32. The molecule has 0 bridgehead atoms. The Morgan fingerprint density at radius 1 is 1.27 bits per heavy atom. The van der Waals surface area contributed by atoms with Crippen LogP contribution in [0.1, 0.15) is 24.9 Å². The van der Waals surface area contributed by atoms with Gasteiger partial charge in [0.05, 0.1) is 11.4 Å². The van der Waals surface area contributed by atoms with E-state index in [1.54, 1.807) is 23.0 Å². The molecule has 7 nitrogen and oxygen atoms in total. The zero-order chi connectivity index (χ0) is 15.5. The van der Waals surface area contributed by atoms with Crippen LogP contribution >= 0.6 is 0 Å². The highest BCUT2D eigenvalue weighted by Gasteiger charge is 2.15. The van der Waals surface area contributed by atoms with Crippen molar-refractivity contribution in [3.63, 3.8) is 0 Å². The third-order valence-corrected chi connectivity index (χ3v) is 3.30. The second-order valence-corrected chi connectivity index (χ2v) is 4.94. The molecule has 3 rings (SSSR count). The van der Waals surface area contributed by atoms with Crippen molar-refractivity contribution in [1.82, 2.24) is 24.6 Å². The Bertz CT molecular complexity index is 813. The number of aliphatic carboxylic acids is 1. The molecule has 0 aliphatic heterocycles. The van der Waals surface area contributed by atoms with Gasteiger partial charge in [-0.25, -0.2) is 4.98 Å². The maximum atomic E-state index is 11.0. The van der Waals surface area contributed by atoms with Gasteiger partial charge in [0.25, 0.3) is 0 Å². The lowest BCUT2D eigenvalue weighted by atomic mass is 10.2. The second-order valence-electron chi connectivity index (χ2n) is 4.94. The van der Waals surface area contributed by atoms with Crippen LogP contribution in [0.3, 0.4) is 0 Å². The van der Waals surface area contributed by atoms with Crippen LogP contribution in [0.5, 0.6) is 0 Å². The van der Waals surface area contributed by atoms with Crippen molar-refractivity contribution in [3.8, 4) is 11.3 Å². The third kappa shape index (κ3) is 2.65. The van der Waals surface area contributed by atoms with Crippen molar-refractivity contribution in [3.05, 3.63) is 42.2 Å². The van der Waals surface area contributed by atoms with Crippen molar-refractivity contribution in [2.45, 2.75) is 26.2 Å². The van der Waals surface area contributed by atoms with Gasteiger partial charge in [-0.1, -0.05) is 13.3 Å². The summed E-state index contributed by atoms with van der Waals surface area (Å²) in [5.41, 5.74) is 3.12. The van der Waals surface area contributed by atoms with E-state index in [-0.39, 0.29) is 6.42 Å². The highest BCUT2D eigenvalue weighted by molar-refractivity contribution is 5.69. The predicted octanol–water partition coefficient (Wildman–Crippen LogP) is 1.77. The summed E-state index contributed by atoms with van der Waals surface area (Å²) in [6.45, 7) is 2.06. The van der Waals surface area contributed by atoms with Crippen LogP contribution in [0.15, 0.2) is 30.7 Å². The molecule has 0 unspecified atom stereocenters. The molecular formula is C15H15N5O2. The van der Waals surface area contributed by atoms with E-state index >= 15 is 0 Å². The maximum Gasteiger partial charge on any atom is 0.311 e. The molecule has 0 spiro atoms. The summed E-state index contributed by atoms with van der Waals surface area (Å²) in [5, 5.41) is 17.1. The van der Waals surface area contributed by atoms with E-state index in [9.17, 15) is 4.79 Å². The first-order chi connectivity index (χ1) is 10.7. The van der Waals surface area contributed by atoms with Gasteiger partial charge in [-0.3, -0.25) is 14.2 Å². The van der Waals surface area contributed by atoms with Crippen LogP contribution in [0.25, 0.3) is 16.9 Å². The molecule has 1 N–H and O–H groups in total. The molecule has 7 heteroatoms. The molecule has 0 saturated heterocycles. The van der Waals surface area contributed by atoms with Gasteiger partial charge in [0.15, 0.2) is 5.65 Å². The van der Waals surface area contributed by atoms with Gasteiger partial charge in [0.2, 0.25) is 0 Å². The van der Waals surface area contributed by atoms with E-state index in [0.717, 1.165) is 29.8 Å². The molecule has 0 radical (unpaired) electrons. The number of aromatic nitrogens is 5. The summed E-state index contributed by atoms with van der Waals surface area (Å²) in [5.74, 6) is -0.536. The van der Waals surface area contributed by atoms with Gasteiger partial charge in [-0.05, 0) is 18.6 Å². The number of fused-ring (bicyclic) bond motifs is 1. The standard InChI is InChI=1S/C15H15N5O2/c1-2-3-11-15-19-18-13(8-14(21)22)20(15)9-12(17-11)10-4-6-16-7-5-10/h4-7,9H,2-3,8H2,1H3,(H,21,22). The van der Waals surface area contributed by atoms with Gasteiger partial charge < -0.3 is 5.11 Å². The number of carbonyl (C=O) groups is 1. The van der Waals surface area contributed by atoms with E-state index in [0.29, 0.717) is 11.5 Å². The van der Waals surface area contributed by atoms with Crippen LogP contribution in [-0.4, -0.2) is 35.6 Å². The molecule has 112 valence electrons. The summed E-state index contributed by atoms with van der Waals surface area (Å²) in [7, 11) is 0. The van der Waals surface area contributed by atoms with Crippen LogP contribution in [0.4, 0.5) is 0 Å². The monoisotopic (exact) mass is 297 g/mol. The maximum absolute atomic E-state index is 11.0. The average Bonchev–Trinajstić information content (AvgIpc) is 2.91. The van der Waals surface area contributed by atoms with Gasteiger partial charge >= 0.3 is 5.97 Å². The molecule has 22 heavy (non-hydrogen) atoms. The summed E-state index contributed by atoms with van der Waals surface area (Å²) in [6, 6.07) is 3.73. The minimum absolute atomic E-state index is 0.174. The normalized spacial score (nSPS) is 11.0. The number of hydrogen-bond acceptors (Lipinski definition) is 5. The lowest BCUT2D eigenvalue weighted by Gasteiger charge is -2.07. The number of carboxylic acid groups (broad SMARTS) is 1. The molecule has 0 aliphatic carbocycles.